The summed E-state index contributed by atoms with van der Waals surface area (Å²) in [4.78, 5) is 1.71. The Labute approximate surface area is 92.6 Å². The Morgan fingerprint density at radius 1 is 1.38 bits per heavy atom. The fraction of sp³-hybridized carbons (Fsp3) is 1.00. The van der Waals surface area contributed by atoms with Crippen molar-refractivity contribution in [2.75, 3.05) is 26.2 Å². The minimum absolute atomic E-state index is 0.293. The number of fused-ring (bicyclic) bond motifs is 1. The van der Waals surface area contributed by atoms with Gasteiger partial charge in [-0.1, -0.05) is 0 Å². The Morgan fingerprint density at radius 3 is 2.75 bits per heavy atom. The van der Waals surface area contributed by atoms with E-state index in [1.54, 1.807) is 4.90 Å². The van der Waals surface area contributed by atoms with E-state index in [-0.39, 0.29) is 6.54 Å². The summed E-state index contributed by atoms with van der Waals surface area (Å²) in [6.45, 7) is 1.96. The molecule has 0 aromatic heterocycles. The molecule has 0 aromatic carbocycles. The van der Waals surface area contributed by atoms with Crippen molar-refractivity contribution in [3.05, 3.63) is 0 Å². The molecule has 2 rings (SSSR count). The first-order chi connectivity index (χ1) is 7.47. The first kappa shape index (κ1) is 12.1. The smallest absolute Gasteiger partial charge is 0.382 e. The molecular weight excluding hydrogens is 221 g/mol. The molecule has 0 bridgehead atoms. The molecule has 94 valence electrons. The number of likely N-dealkylation sites (tertiary alicyclic amines) is 1. The van der Waals surface area contributed by atoms with Crippen molar-refractivity contribution >= 4 is 0 Å². The first-order valence-electron chi connectivity index (χ1n) is 5.67. The summed E-state index contributed by atoms with van der Waals surface area (Å²) >= 11 is 0. The zero-order valence-corrected chi connectivity index (χ0v) is 9.00. The van der Waals surface area contributed by atoms with Gasteiger partial charge in [0.1, 0.15) is 0 Å². The standard InChI is InChI=1S/C10H17F3N2O/c11-10(12,13)9(16)6-15-4-7-2-1-3-14-8(7)5-15/h7-9,14,16H,1-6H2. The van der Waals surface area contributed by atoms with Crippen LogP contribution < -0.4 is 5.32 Å². The van der Waals surface area contributed by atoms with Gasteiger partial charge in [0, 0.05) is 25.7 Å². The molecule has 0 amide bonds. The summed E-state index contributed by atoms with van der Waals surface area (Å²) in [5.41, 5.74) is 0. The van der Waals surface area contributed by atoms with Gasteiger partial charge in [-0.25, -0.2) is 0 Å². The number of rotatable bonds is 2. The third-order valence-electron chi connectivity index (χ3n) is 3.48. The molecule has 0 spiro atoms. The Morgan fingerprint density at radius 2 is 2.12 bits per heavy atom. The zero-order valence-electron chi connectivity index (χ0n) is 9.00. The summed E-state index contributed by atoms with van der Waals surface area (Å²) in [7, 11) is 0. The molecule has 2 saturated heterocycles. The Kier molecular flexibility index (Phi) is 3.42. The number of hydrogen-bond donors (Lipinski definition) is 2. The van der Waals surface area contributed by atoms with E-state index in [1.807, 2.05) is 0 Å². The van der Waals surface area contributed by atoms with Gasteiger partial charge in [0.25, 0.3) is 0 Å². The van der Waals surface area contributed by atoms with Crippen LogP contribution in [0.3, 0.4) is 0 Å². The lowest BCUT2D eigenvalue weighted by atomic mass is 9.94. The highest BCUT2D eigenvalue weighted by Gasteiger charge is 2.42. The van der Waals surface area contributed by atoms with Crippen LogP contribution in [0.4, 0.5) is 13.2 Å². The molecule has 2 N–H and O–H groups in total. The van der Waals surface area contributed by atoms with E-state index in [1.165, 1.54) is 0 Å². The number of nitrogens with one attached hydrogen (secondary N) is 1. The van der Waals surface area contributed by atoms with Gasteiger partial charge in [-0.3, -0.25) is 4.90 Å². The monoisotopic (exact) mass is 238 g/mol. The number of aliphatic hydroxyl groups is 1. The van der Waals surface area contributed by atoms with E-state index in [4.69, 9.17) is 5.11 Å². The van der Waals surface area contributed by atoms with Crippen LogP contribution in [0.5, 0.6) is 0 Å². The van der Waals surface area contributed by atoms with Crippen LogP contribution in [0.15, 0.2) is 0 Å². The lowest BCUT2D eigenvalue weighted by molar-refractivity contribution is -0.207. The average Bonchev–Trinajstić information content (AvgIpc) is 2.58. The van der Waals surface area contributed by atoms with E-state index >= 15 is 0 Å². The second-order valence-electron chi connectivity index (χ2n) is 4.74. The summed E-state index contributed by atoms with van der Waals surface area (Å²) in [5, 5.41) is 12.3. The first-order valence-corrected chi connectivity index (χ1v) is 5.67. The van der Waals surface area contributed by atoms with Crippen LogP contribution in [0.2, 0.25) is 0 Å². The summed E-state index contributed by atoms with van der Waals surface area (Å²) in [5.74, 6) is 0.453. The van der Waals surface area contributed by atoms with Crippen molar-refractivity contribution in [3.63, 3.8) is 0 Å². The van der Waals surface area contributed by atoms with Crippen molar-refractivity contribution in [2.45, 2.75) is 31.2 Å². The van der Waals surface area contributed by atoms with Gasteiger partial charge in [-0.05, 0) is 25.3 Å². The van der Waals surface area contributed by atoms with Crippen LogP contribution in [0, 0.1) is 5.92 Å². The molecule has 3 unspecified atom stereocenters. The molecule has 3 nitrogen and oxygen atoms in total. The summed E-state index contributed by atoms with van der Waals surface area (Å²) < 4.78 is 36.5. The number of hydrogen-bond acceptors (Lipinski definition) is 3. The molecule has 0 aliphatic carbocycles. The molecule has 2 aliphatic rings. The minimum atomic E-state index is -4.50. The van der Waals surface area contributed by atoms with E-state index in [0.29, 0.717) is 25.0 Å². The van der Waals surface area contributed by atoms with Crippen molar-refractivity contribution in [3.8, 4) is 0 Å². The van der Waals surface area contributed by atoms with Crippen molar-refractivity contribution in [1.29, 1.82) is 0 Å². The molecular formula is C10H17F3N2O. The van der Waals surface area contributed by atoms with Gasteiger partial charge in [-0.2, -0.15) is 13.2 Å². The molecule has 16 heavy (non-hydrogen) atoms. The lowest BCUT2D eigenvalue weighted by Gasteiger charge is -2.24. The van der Waals surface area contributed by atoms with Crippen LogP contribution >= 0.6 is 0 Å². The van der Waals surface area contributed by atoms with Crippen LogP contribution in [-0.2, 0) is 0 Å². The highest BCUT2D eigenvalue weighted by molar-refractivity contribution is 4.92. The van der Waals surface area contributed by atoms with E-state index in [0.717, 1.165) is 19.4 Å². The number of nitrogens with zero attached hydrogens (tertiary/aromatic N) is 1. The maximum absolute atomic E-state index is 12.2. The van der Waals surface area contributed by atoms with Gasteiger partial charge >= 0.3 is 6.18 Å². The highest BCUT2D eigenvalue weighted by atomic mass is 19.4. The molecule has 3 atom stereocenters. The number of β-amino-alcohol motifs (C(OH)–C–C–N with tert-alkyl or cyclic N) is 1. The number of halogens is 3. The topological polar surface area (TPSA) is 35.5 Å². The van der Waals surface area contributed by atoms with Crippen LogP contribution in [-0.4, -0.2) is 54.5 Å². The molecule has 0 radical (unpaired) electrons. The average molecular weight is 238 g/mol. The molecule has 2 heterocycles. The fourth-order valence-corrected chi connectivity index (χ4v) is 2.63. The zero-order chi connectivity index (χ0) is 11.8. The van der Waals surface area contributed by atoms with Gasteiger partial charge in [0.2, 0.25) is 0 Å². The molecule has 6 heteroatoms. The minimum Gasteiger partial charge on any atom is -0.382 e. The predicted molar refractivity (Wildman–Crippen MR) is 53.0 cm³/mol. The third kappa shape index (κ3) is 2.67. The van der Waals surface area contributed by atoms with Gasteiger partial charge in [0.05, 0.1) is 0 Å². The maximum Gasteiger partial charge on any atom is 0.415 e. The number of aliphatic hydroxyl groups excluding tert-OH is 1. The molecule has 2 fully saturated rings. The largest absolute Gasteiger partial charge is 0.415 e. The van der Waals surface area contributed by atoms with E-state index < -0.39 is 12.3 Å². The van der Waals surface area contributed by atoms with Crippen LogP contribution in [0.25, 0.3) is 0 Å². The second-order valence-corrected chi connectivity index (χ2v) is 4.74. The normalized spacial score (nSPS) is 33.8. The van der Waals surface area contributed by atoms with Gasteiger partial charge < -0.3 is 10.4 Å². The van der Waals surface area contributed by atoms with Crippen LogP contribution in [0.1, 0.15) is 12.8 Å². The lowest BCUT2D eigenvalue weighted by Crippen LogP contribution is -2.42. The fourth-order valence-electron chi connectivity index (χ4n) is 2.63. The Hall–Kier alpha value is -0.330. The third-order valence-corrected chi connectivity index (χ3v) is 3.48. The van der Waals surface area contributed by atoms with E-state index in [9.17, 15) is 13.2 Å². The highest BCUT2D eigenvalue weighted by Crippen LogP contribution is 2.27. The molecule has 0 aromatic rings. The Bertz CT molecular complexity index is 233. The van der Waals surface area contributed by atoms with Crippen molar-refractivity contribution in [1.82, 2.24) is 10.2 Å². The molecule has 0 saturated carbocycles. The van der Waals surface area contributed by atoms with Crippen molar-refractivity contribution < 1.29 is 18.3 Å². The maximum atomic E-state index is 12.2. The summed E-state index contributed by atoms with van der Waals surface area (Å²) in [6.07, 6.45) is -4.54. The SMILES string of the molecule is OC(CN1CC2CCCNC2C1)C(F)(F)F. The van der Waals surface area contributed by atoms with Gasteiger partial charge in [-0.15, -0.1) is 0 Å². The second kappa shape index (κ2) is 4.50. The van der Waals surface area contributed by atoms with E-state index in [2.05, 4.69) is 5.32 Å². The molecule has 2 aliphatic heterocycles. The van der Waals surface area contributed by atoms with Gasteiger partial charge in [0.15, 0.2) is 6.10 Å². The number of alkyl halides is 3. The summed E-state index contributed by atoms with van der Waals surface area (Å²) in [6, 6.07) is 0.314. The Balaban J connectivity index is 1.84. The van der Waals surface area contributed by atoms with Crippen molar-refractivity contribution in [2.24, 2.45) is 5.92 Å². The quantitative estimate of drug-likeness (QED) is 0.739. The number of piperidine rings is 1. The predicted octanol–water partition coefficient (Wildman–Crippen LogP) is 0.593.